The van der Waals surface area contributed by atoms with E-state index >= 15 is 0 Å². The third kappa shape index (κ3) is 3.54. The number of ether oxygens (including phenoxy) is 1. The van der Waals surface area contributed by atoms with Crippen molar-refractivity contribution in [3.63, 3.8) is 0 Å². The van der Waals surface area contributed by atoms with E-state index in [1.54, 1.807) is 0 Å². The molecular weight excluding hydrogens is 306 g/mol. The zero-order valence-electron chi connectivity index (χ0n) is 11.1. The molecule has 1 aromatic carbocycles. The van der Waals surface area contributed by atoms with Crippen molar-refractivity contribution in [3.05, 3.63) is 51.5 Å². The van der Waals surface area contributed by atoms with Gasteiger partial charge in [0, 0.05) is 11.4 Å². The second kappa shape index (κ2) is 6.03. The number of thiophene rings is 1. The summed E-state index contributed by atoms with van der Waals surface area (Å²) in [5.74, 6) is -1.39. The van der Waals surface area contributed by atoms with E-state index in [1.165, 1.54) is 11.3 Å². The minimum Gasteiger partial charge on any atom is -0.484 e. The van der Waals surface area contributed by atoms with Crippen LogP contribution in [0.1, 0.15) is 22.1 Å². The summed E-state index contributed by atoms with van der Waals surface area (Å²) in [5.41, 5.74) is 5.22. The van der Waals surface area contributed by atoms with Crippen LogP contribution in [0.4, 0.5) is 17.6 Å². The van der Waals surface area contributed by atoms with Crippen LogP contribution in [-0.2, 0) is 6.18 Å². The molecule has 0 amide bonds. The zero-order chi connectivity index (χ0) is 15.6. The van der Waals surface area contributed by atoms with Gasteiger partial charge in [-0.3, -0.25) is 0 Å². The molecule has 0 saturated heterocycles. The fourth-order valence-corrected chi connectivity index (χ4v) is 2.85. The first-order valence-corrected chi connectivity index (χ1v) is 6.98. The Hall–Kier alpha value is -1.60. The Bertz CT molecular complexity index is 624. The second-order valence-electron chi connectivity index (χ2n) is 4.45. The fourth-order valence-electron chi connectivity index (χ4n) is 1.88. The summed E-state index contributed by atoms with van der Waals surface area (Å²) in [6.45, 7) is 1.98. The lowest BCUT2D eigenvalue weighted by Gasteiger charge is -2.18. The molecule has 2 rings (SSSR count). The second-order valence-corrected chi connectivity index (χ2v) is 5.40. The van der Waals surface area contributed by atoms with Crippen molar-refractivity contribution in [2.75, 3.05) is 6.54 Å². The lowest BCUT2D eigenvalue weighted by atomic mass is 10.1. The first-order chi connectivity index (χ1) is 9.82. The average Bonchev–Trinajstić information content (AvgIpc) is 2.82. The highest BCUT2D eigenvalue weighted by Gasteiger charge is 2.34. The monoisotopic (exact) mass is 319 g/mol. The molecule has 0 saturated carbocycles. The Morgan fingerprint density at radius 1 is 1.29 bits per heavy atom. The van der Waals surface area contributed by atoms with Crippen LogP contribution >= 0.6 is 11.3 Å². The lowest BCUT2D eigenvalue weighted by molar-refractivity contribution is -0.140. The fraction of sp³-hybridized carbons (Fsp3) is 0.286. The molecule has 2 nitrogen and oxygen atoms in total. The highest BCUT2D eigenvalue weighted by atomic mass is 32.1. The van der Waals surface area contributed by atoms with Crippen LogP contribution in [0.25, 0.3) is 0 Å². The molecular formula is C14H13F4NOS. The van der Waals surface area contributed by atoms with Gasteiger partial charge in [0.15, 0.2) is 0 Å². The minimum absolute atomic E-state index is 0.0630. The van der Waals surface area contributed by atoms with Gasteiger partial charge >= 0.3 is 6.18 Å². The number of hydrogen-bond acceptors (Lipinski definition) is 3. The molecule has 1 heterocycles. The zero-order valence-corrected chi connectivity index (χ0v) is 11.9. The molecule has 0 aliphatic heterocycles. The highest BCUT2D eigenvalue weighted by molar-refractivity contribution is 7.10. The molecule has 0 fully saturated rings. The normalized spacial score (nSPS) is 13.2. The number of hydrogen-bond donors (Lipinski definition) is 1. The van der Waals surface area contributed by atoms with Crippen molar-refractivity contribution >= 4 is 11.3 Å². The van der Waals surface area contributed by atoms with Crippen molar-refractivity contribution < 1.29 is 22.3 Å². The Balaban J connectivity index is 2.29. The Morgan fingerprint density at radius 3 is 2.52 bits per heavy atom. The maximum atomic E-state index is 13.2. The summed E-state index contributed by atoms with van der Waals surface area (Å²) in [6, 6.07) is 4.43. The minimum atomic E-state index is -4.76. The smallest absolute Gasteiger partial charge is 0.419 e. The summed E-state index contributed by atoms with van der Waals surface area (Å²) >= 11 is 1.41. The molecule has 0 radical (unpaired) electrons. The van der Waals surface area contributed by atoms with E-state index in [0.717, 1.165) is 22.6 Å². The number of halogens is 4. The maximum absolute atomic E-state index is 13.2. The summed E-state index contributed by atoms with van der Waals surface area (Å²) in [6.07, 6.45) is -5.32. The first kappa shape index (κ1) is 15.8. The van der Waals surface area contributed by atoms with Gasteiger partial charge in [0.25, 0.3) is 0 Å². The standard InChI is InChI=1S/C14H13F4NOS/c1-8-4-5-21-13(8)12(7-19)20-9-2-3-11(15)10(6-9)14(16,17)18/h2-6,12H,7,19H2,1H3. The van der Waals surface area contributed by atoms with E-state index in [-0.39, 0.29) is 12.3 Å². The number of benzene rings is 1. The summed E-state index contributed by atoms with van der Waals surface area (Å²) in [7, 11) is 0. The molecule has 1 aromatic heterocycles. The van der Waals surface area contributed by atoms with Crippen LogP contribution in [0, 0.1) is 12.7 Å². The molecule has 0 bridgehead atoms. The third-order valence-electron chi connectivity index (χ3n) is 2.93. The first-order valence-electron chi connectivity index (χ1n) is 6.10. The van der Waals surface area contributed by atoms with Gasteiger partial charge in [-0.15, -0.1) is 11.3 Å². The molecule has 1 unspecified atom stereocenters. The van der Waals surface area contributed by atoms with Crippen LogP contribution in [-0.4, -0.2) is 6.54 Å². The molecule has 0 aliphatic rings. The molecule has 2 aromatic rings. The number of nitrogens with two attached hydrogens (primary N) is 1. The number of aryl methyl sites for hydroxylation is 1. The molecule has 2 N–H and O–H groups in total. The number of alkyl halides is 3. The van der Waals surface area contributed by atoms with Crippen LogP contribution < -0.4 is 10.5 Å². The van der Waals surface area contributed by atoms with E-state index in [0.29, 0.717) is 6.07 Å². The quantitative estimate of drug-likeness (QED) is 0.853. The van der Waals surface area contributed by atoms with Crippen LogP contribution in [0.15, 0.2) is 29.6 Å². The average molecular weight is 319 g/mol. The van der Waals surface area contributed by atoms with E-state index in [9.17, 15) is 17.6 Å². The van der Waals surface area contributed by atoms with E-state index in [2.05, 4.69) is 0 Å². The van der Waals surface area contributed by atoms with Crippen molar-refractivity contribution in [1.29, 1.82) is 0 Å². The van der Waals surface area contributed by atoms with Gasteiger partial charge in [-0.2, -0.15) is 13.2 Å². The maximum Gasteiger partial charge on any atom is 0.419 e. The van der Waals surface area contributed by atoms with Crippen molar-refractivity contribution in [3.8, 4) is 5.75 Å². The van der Waals surface area contributed by atoms with Crippen LogP contribution in [0.5, 0.6) is 5.75 Å². The predicted octanol–water partition coefficient (Wildman–Crippen LogP) is 4.29. The van der Waals surface area contributed by atoms with E-state index in [1.807, 2.05) is 18.4 Å². The van der Waals surface area contributed by atoms with Crippen molar-refractivity contribution in [2.24, 2.45) is 5.73 Å². The topological polar surface area (TPSA) is 35.2 Å². The van der Waals surface area contributed by atoms with E-state index < -0.39 is 23.7 Å². The Morgan fingerprint density at radius 2 is 2.00 bits per heavy atom. The van der Waals surface area contributed by atoms with Gasteiger partial charge in [-0.05, 0) is 42.1 Å². The van der Waals surface area contributed by atoms with Crippen LogP contribution in [0.2, 0.25) is 0 Å². The van der Waals surface area contributed by atoms with Gasteiger partial charge in [-0.1, -0.05) is 0 Å². The Labute approximate surface area is 123 Å². The largest absolute Gasteiger partial charge is 0.484 e. The van der Waals surface area contributed by atoms with Crippen LogP contribution in [0.3, 0.4) is 0 Å². The molecule has 114 valence electrons. The van der Waals surface area contributed by atoms with E-state index in [4.69, 9.17) is 10.5 Å². The summed E-state index contributed by atoms with van der Waals surface area (Å²) in [4.78, 5) is 0.843. The number of rotatable bonds is 4. The molecule has 0 aliphatic carbocycles. The molecule has 1 atom stereocenters. The predicted molar refractivity (Wildman–Crippen MR) is 72.9 cm³/mol. The van der Waals surface area contributed by atoms with Gasteiger partial charge in [0.05, 0.1) is 5.56 Å². The molecule has 21 heavy (non-hydrogen) atoms. The highest BCUT2D eigenvalue weighted by Crippen LogP contribution is 2.35. The molecule has 7 heteroatoms. The van der Waals surface area contributed by atoms with Crippen molar-refractivity contribution in [2.45, 2.75) is 19.2 Å². The Kier molecular flexibility index (Phi) is 4.53. The SMILES string of the molecule is Cc1ccsc1C(CN)Oc1ccc(F)c(C(F)(F)F)c1. The van der Waals surface area contributed by atoms with Gasteiger partial charge in [-0.25, -0.2) is 4.39 Å². The van der Waals surface area contributed by atoms with Gasteiger partial charge < -0.3 is 10.5 Å². The van der Waals surface area contributed by atoms with Gasteiger partial charge in [0.1, 0.15) is 17.7 Å². The third-order valence-corrected chi connectivity index (χ3v) is 4.04. The summed E-state index contributed by atoms with van der Waals surface area (Å²) in [5, 5.41) is 1.85. The van der Waals surface area contributed by atoms with Gasteiger partial charge in [0.2, 0.25) is 0 Å². The summed E-state index contributed by atoms with van der Waals surface area (Å²) < 4.78 is 56.7. The van der Waals surface area contributed by atoms with Crippen molar-refractivity contribution in [1.82, 2.24) is 0 Å². The molecule has 0 spiro atoms. The lowest BCUT2D eigenvalue weighted by Crippen LogP contribution is -2.18.